The number of aliphatic hydroxyl groups is 1. The minimum atomic E-state index is -0.342. The summed E-state index contributed by atoms with van der Waals surface area (Å²) in [6.07, 6.45) is 3.95. The molecule has 0 bridgehead atoms. The second-order valence-electron chi connectivity index (χ2n) is 6.26. The predicted molar refractivity (Wildman–Crippen MR) is 84.1 cm³/mol. The summed E-state index contributed by atoms with van der Waals surface area (Å²) in [6.45, 7) is 2.89. The molecule has 0 aromatic heterocycles. The van der Waals surface area contributed by atoms with Crippen LogP contribution in [0.25, 0.3) is 0 Å². The molecule has 1 aromatic carbocycles. The van der Waals surface area contributed by atoms with Gasteiger partial charge in [-0.1, -0.05) is 29.8 Å². The van der Waals surface area contributed by atoms with E-state index in [-0.39, 0.29) is 11.7 Å². The van der Waals surface area contributed by atoms with Crippen molar-refractivity contribution in [2.75, 3.05) is 18.1 Å². The molecule has 1 N–H and O–H groups in total. The maximum atomic E-state index is 10.7. The van der Waals surface area contributed by atoms with Crippen LogP contribution in [0.3, 0.4) is 0 Å². The Bertz CT molecular complexity index is 449. The highest BCUT2D eigenvalue weighted by Crippen LogP contribution is 2.43. The van der Waals surface area contributed by atoms with E-state index in [0.717, 1.165) is 37.9 Å². The molecule has 2 aliphatic heterocycles. The fraction of sp³-hybridized carbons (Fsp3) is 0.647. The van der Waals surface area contributed by atoms with Crippen LogP contribution in [0.15, 0.2) is 24.3 Å². The molecular formula is C17H24O2S. The van der Waals surface area contributed by atoms with Gasteiger partial charge in [-0.15, -0.1) is 0 Å². The van der Waals surface area contributed by atoms with Crippen molar-refractivity contribution in [1.82, 2.24) is 0 Å². The van der Waals surface area contributed by atoms with E-state index < -0.39 is 0 Å². The summed E-state index contributed by atoms with van der Waals surface area (Å²) in [7, 11) is 0. The van der Waals surface area contributed by atoms with Crippen LogP contribution in [0.2, 0.25) is 0 Å². The summed E-state index contributed by atoms with van der Waals surface area (Å²) in [5, 5.41) is 10.7. The lowest BCUT2D eigenvalue weighted by Gasteiger charge is -2.44. The zero-order valence-corrected chi connectivity index (χ0v) is 13.0. The van der Waals surface area contributed by atoms with Gasteiger partial charge in [-0.3, -0.25) is 0 Å². The molecule has 2 aliphatic rings. The normalized spacial score (nSPS) is 27.4. The van der Waals surface area contributed by atoms with Crippen LogP contribution < -0.4 is 0 Å². The van der Waals surface area contributed by atoms with E-state index in [4.69, 9.17) is 4.74 Å². The van der Waals surface area contributed by atoms with Gasteiger partial charge >= 0.3 is 0 Å². The zero-order valence-electron chi connectivity index (χ0n) is 12.2. The van der Waals surface area contributed by atoms with Crippen molar-refractivity contribution in [3.8, 4) is 0 Å². The van der Waals surface area contributed by atoms with E-state index >= 15 is 0 Å². The summed E-state index contributed by atoms with van der Waals surface area (Å²) in [4.78, 5) is 0. The Balaban J connectivity index is 1.73. The first-order chi connectivity index (χ1) is 9.69. The second-order valence-corrected chi connectivity index (χ2v) is 7.48. The van der Waals surface area contributed by atoms with Gasteiger partial charge in [0.25, 0.3) is 0 Å². The van der Waals surface area contributed by atoms with Crippen molar-refractivity contribution in [1.29, 1.82) is 0 Å². The Kier molecular flexibility index (Phi) is 4.39. The molecule has 2 nitrogen and oxygen atoms in total. The molecule has 0 amide bonds. The highest BCUT2D eigenvalue weighted by molar-refractivity contribution is 7.99. The number of thioether (sulfide) groups is 1. The van der Waals surface area contributed by atoms with E-state index in [9.17, 15) is 5.11 Å². The van der Waals surface area contributed by atoms with Gasteiger partial charge in [0.15, 0.2) is 0 Å². The Morgan fingerprint density at radius 1 is 1.35 bits per heavy atom. The maximum absolute atomic E-state index is 10.7. The molecular weight excluding hydrogens is 268 g/mol. The van der Waals surface area contributed by atoms with Gasteiger partial charge in [0.05, 0.1) is 11.7 Å². The van der Waals surface area contributed by atoms with Crippen LogP contribution in [0, 0.1) is 12.8 Å². The monoisotopic (exact) mass is 292 g/mol. The minimum Gasteiger partial charge on any atom is -0.388 e. The van der Waals surface area contributed by atoms with Crippen LogP contribution in [-0.2, 0) is 4.74 Å². The van der Waals surface area contributed by atoms with Crippen LogP contribution in [-0.4, -0.2) is 28.8 Å². The summed E-state index contributed by atoms with van der Waals surface area (Å²) >= 11 is 2.03. The van der Waals surface area contributed by atoms with Crippen LogP contribution in [0.5, 0.6) is 0 Å². The Morgan fingerprint density at radius 2 is 2.15 bits per heavy atom. The molecule has 3 rings (SSSR count). The predicted octanol–water partition coefficient (Wildman–Crippen LogP) is 3.72. The molecule has 3 heteroatoms. The first-order valence-corrected chi connectivity index (χ1v) is 8.80. The third kappa shape index (κ3) is 3.05. The number of ether oxygens (including phenoxy) is 1. The summed E-state index contributed by atoms with van der Waals surface area (Å²) in [5.74, 6) is 2.74. The molecule has 2 unspecified atom stereocenters. The standard InChI is InChI=1S/C17H24O2S/c1-13-3-2-4-14(11-13)16(18)15-5-8-19-17(12-15)6-9-20-10-7-17/h2-4,11,15-16,18H,5-10,12H2,1H3. The first kappa shape index (κ1) is 14.4. The van der Waals surface area contributed by atoms with Crippen LogP contribution in [0.4, 0.5) is 0 Å². The third-order valence-corrected chi connectivity index (χ3v) is 5.75. The van der Waals surface area contributed by atoms with Gasteiger partial charge in [-0.2, -0.15) is 11.8 Å². The summed E-state index contributed by atoms with van der Waals surface area (Å²) < 4.78 is 6.12. The highest BCUT2D eigenvalue weighted by atomic mass is 32.2. The molecule has 1 spiro atoms. The van der Waals surface area contributed by atoms with Crippen molar-refractivity contribution < 1.29 is 9.84 Å². The molecule has 2 atom stereocenters. The molecule has 0 radical (unpaired) electrons. The summed E-state index contributed by atoms with van der Waals surface area (Å²) in [5.41, 5.74) is 2.34. The van der Waals surface area contributed by atoms with E-state index in [2.05, 4.69) is 25.1 Å². The van der Waals surface area contributed by atoms with Gasteiger partial charge in [0, 0.05) is 6.61 Å². The Morgan fingerprint density at radius 3 is 2.90 bits per heavy atom. The minimum absolute atomic E-state index is 0.0545. The molecule has 20 heavy (non-hydrogen) atoms. The molecule has 2 heterocycles. The molecule has 0 aliphatic carbocycles. The van der Waals surface area contributed by atoms with Crippen LogP contribution >= 0.6 is 11.8 Å². The van der Waals surface area contributed by atoms with Gasteiger partial charge < -0.3 is 9.84 Å². The van der Waals surface area contributed by atoms with E-state index in [1.54, 1.807) is 0 Å². The zero-order chi connectivity index (χ0) is 14.0. The van der Waals surface area contributed by atoms with Gasteiger partial charge in [-0.05, 0) is 55.6 Å². The molecule has 0 saturated carbocycles. The fourth-order valence-corrected chi connectivity index (χ4v) is 4.79. The van der Waals surface area contributed by atoms with Crippen molar-refractivity contribution >= 4 is 11.8 Å². The van der Waals surface area contributed by atoms with Crippen LogP contribution in [0.1, 0.15) is 42.9 Å². The lowest BCUT2D eigenvalue weighted by molar-refractivity contribution is -0.121. The number of rotatable bonds is 2. The average molecular weight is 292 g/mol. The lowest BCUT2D eigenvalue weighted by atomic mass is 9.78. The van der Waals surface area contributed by atoms with E-state index in [1.807, 2.05) is 17.8 Å². The quantitative estimate of drug-likeness (QED) is 0.901. The molecule has 2 fully saturated rings. The number of hydrogen-bond acceptors (Lipinski definition) is 3. The Labute approximate surface area is 125 Å². The number of aliphatic hydroxyl groups excluding tert-OH is 1. The fourth-order valence-electron chi connectivity index (χ4n) is 3.55. The first-order valence-electron chi connectivity index (χ1n) is 7.65. The van der Waals surface area contributed by atoms with Gasteiger partial charge in [0.1, 0.15) is 0 Å². The van der Waals surface area contributed by atoms with E-state index in [0.29, 0.717) is 5.92 Å². The van der Waals surface area contributed by atoms with Gasteiger partial charge in [-0.25, -0.2) is 0 Å². The second kappa shape index (κ2) is 6.08. The molecule has 110 valence electrons. The Hall–Kier alpha value is -0.510. The molecule has 2 saturated heterocycles. The van der Waals surface area contributed by atoms with E-state index in [1.165, 1.54) is 17.1 Å². The van der Waals surface area contributed by atoms with Crippen molar-refractivity contribution in [3.63, 3.8) is 0 Å². The van der Waals surface area contributed by atoms with Gasteiger partial charge in [0.2, 0.25) is 0 Å². The summed E-state index contributed by atoms with van der Waals surface area (Å²) in [6, 6.07) is 8.29. The SMILES string of the molecule is Cc1cccc(C(O)C2CCOC3(CCSCC3)C2)c1. The van der Waals surface area contributed by atoms with Crippen molar-refractivity contribution in [2.24, 2.45) is 5.92 Å². The topological polar surface area (TPSA) is 29.5 Å². The third-order valence-electron chi connectivity index (χ3n) is 4.77. The maximum Gasteiger partial charge on any atom is 0.0820 e. The molecule has 1 aromatic rings. The van der Waals surface area contributed by atoms with Crippen molar-refractivity contribution in [3.05, 3.63) is 35.4 Å². The lowest BCUT2D eigenvalue weighted by Crippen LogP contribution is -2.44. The average Bonchev–Trinajstić information content (AvgIpc) is 2.47. The largest absolute Gasteiger partial charge is 0.388 e. The number of hydrogen-bond donors (Lipinski definition) is 1. The van der Waals surface area contributed by atoms with Crippen molar-refractivity contribution in [2.45, 2.75) is 44.3 Å². The highest BCUT2D eigenvalue weighted by Gasteiger charge is 2.40. The number of aryl methyl sites for hydroxylation is 1. The smallest absolute Gasteiger partial charge is 0.0820 e. The number of benzene rings is 1.